The number of hydrogen-bond donors (Lipinski definition) is 0. The fraction of sp³-hybridized carbons (Fsp3) is 0.350. The first kappa shape index (κ1) is 17.0. The number of aromatic nitrogens is 3. The lowest BCUT2D eigenvalue weighted by molar-refractivity contribution is 0.0713. The minimum atomic E-state index is 0.0816. The third kappa shape index (κ3) is 3.70. The summed E-state index contributed by atoms with van der Waals surface area (Å²) in [6, 6.07) is 10.2. The van der Waals surface area contributed by atoms with E-state index >= 15 is 0 Å². The number of thiazole rings is 1. The third-order valence-electron chi connectivity index (χ3n) is 4.84. The van der Waals surface area contributed by atoms with Crippen LogP contribution in [0.1, 0.15) is 44.6 Å². The molecule has 1 aliphatic heterocycles. The minimum absolute atomic E-state index is 0.0816. The molecule has 26 heavy (non-hydrogen) atoms. The second-order valence-electron chi connectivity index (χ2n) is 6.79. The first-order valence-corrected chi connectivity index (χ1v) is 9.78. The number of amides is 1. The van der Waals surface area contributed by atoms with Crippen molar-refractivity contribution in [3.05, 3.63) is 69.9 Å². The van der Waals surface area contributed by atoms with Crippen molar-refractivity contribution in [2.24, 2.45) is 0 Å². The maximum absolute atomic E-state index is 12.8. The topological polar surface area (TPSA) is 51.0 Å². The zero-order chi connectivity index (χ0) is 17.9. The summed E-state index contributed by atoms with van der Waals surface area (Å²) >= 11 is 1.78. The monoisotopic (exact) mass is 366 g/mol. The highest BCUT2D eigenvalue weighted by Crippen LogP contribution is 2.31. The normalized spacial score (nSPS) is 15.3. The van der Waals surface area contributed by atoms with Crippen LogP contribution in [0.3, 0.4) is 0 Å². The summed E-state index contributed by atoms with van der Waals surface area (Å²) in [4.78, 5) is 20.5. The van der Waals surface area contributed by atoms with Crippen LogP contribution >= 0.6 is 11.3 Å². The standard InChI is InChI=1S/C20H22N4OS/c1-15-11-21-19(26-15)17-7-9-23(10-8-17)20(25)18-12-22-24(14-18)13-16-5-3-2-4-6-16/h2-6,11-12,14,17H,7-10,13H2,1H3. The third-order valence-corrected chi connectivity index (χ3v) is 5.91. The molecule has 6 heteroatoms. The van der Waals surface area contributed by atoms with E-state index < -0.39 is 0 Å². The molecule has 0 unspecified atom stereocenters. The lowest BCUT2D eigenvalue weighted by atomic mass is 9.97. The Morgan fingerprint density at radius 2 is 1.96 bits per heavy atom. The lowest BCUT2D eigenvalue weighted by Gasteiger charge is -2.30. The van der Waals surface area contributed by atoms with E-state index in [1.807, 2.05) is 40.2 Å². The van der Waals surface area contributed by atoms with Crippen molar-refractivity contribution in [1.82, 2.24) is 19.7 Å². The zero-order valence-corrected chi connectivity index (χ0v) is 15.7. The molecule has 3 aromatic rings. The molecule has 4 rings (SSSR count). The first-order chi connectivity index (χ1) is 12.7. The molecule has 3 heterocycles. The van der Waals surface area contributed by atoms with Crippen molar-refractivity contribution in [2.45, 2.75) is 32.2 Å². The molecule has 1 fully saturated rings. The van der Waals surface area contributed by atoms with Crippen molar-refractivity contribution in [1.29, 1.82) is 0 Å². The molecule has 1 amide bonds. The smallest absolute Gasteiger partial charge is 0.257 e. The Kier molecular flexibility index (Phi) is 4.84. The van der Waals surface area contributed by atoms with Crippen molar-refractivity contribution in [3.8, 4) is 0 Å². The molecule has 0 saturated carbocycles. The molecule has 1 saturated heterocycles. The Morgan fingerprint density at radius 1 is 1.19 bits per heavy atom. The summed E-state index contributed by atoms with van der Waals surface area (Å²) in [5.41, 5.74) is 1.85. The SMILES string of the molecule is Cc1cnc(C2CCN(C(=O)c3cnn(Cc4ccccc4)c3)CC2)s1. The van der Waals surface area contributed by atoms with Gasteiger partial charge in [0.25, 0.3) is 5.91 Å². The van der Waals surface area contributed by atoms with Crippen LogP contribution in [0.15, 0.2) is 48.9 Å². The van der Waals surface area contributed by atoms with Crippen molar-refractivity contribution in [2.75, 3.05) is 13.1 Å². The van der Waals surface area contributed by atoms with Gasteiger partial charge in [-0.2, -0.15) is 5.10 Å². The Hall–Kier alpha value is -2.47. The average Bonchev–Trinajstić information content (AvgIpc) is 3.31. The number of nitrogens with zero attached hydrogens (tertiary/aromatic N) is 4. The predicted molar refractivity (Wildman–Crippen MR) is 103 cm³/mol. The van der Waals surface area contributed by atoms with Gasteiger partial charge in [-0.3, -0.25) is 9.48 Å². The fourth-order valence-corrected chi connectivity index (χ4v) is 4.35. The Labute approximate surface area is 157 Å². The van der Waals surface area contributed by atoms with Crippen LogP contribution in [0.2, 0.25) is 0 Å². The van der Waals surface area contributed by atoms with Crippen LogP contribution in [0, 0.1) is 6.92 Å². The summed E-state index contributed by atoms with van der Waals surface area (Å²) < 4.78 is 1.83. The number of hydrogen-bond acceptors (Lipinski definition) is 4. The minimum Gasteiger partial charge on any atom is -0.339 e. The number of carbonyl (C=O) groups excluding carboxylic acids is 1. The number of likely N-dealkylation sites (tertiary alicyclic amines) is 1. The summed E-state index contributed by atoms with van der Waals surface area (Å²) in [5, 5.41) is 5.57. The van der Waals surface area contributed by atoms with Gasteiger partial charge in [0.15, 0.2) is 0 Å². The Bertz CT molecular complexity index is 878. The van der Waals surface area contributed by atoms with Crippen molar-refractivity contribution < 1.29 is 4.79 Å². The molecular weight excluding hydrogens is 344 g/mol. The molecule has 1 aliphatic rings. The predicted octanol–water partition coefficient (Wildman–Crippen LogP) is 3.72. The number of benzene rings is 1. The molecule has 0 radical (unpaired) electrons. The van der Waals surface area contributed by atoms with Gasteiger partial charge in [0.05, 0.1) is 23.3 Å². The Morgan fingerprint density at radius 3 is 2.65 bits per heavy atom. The van der Waals surface area contributed by atoms with Crippen molar-refractivity contribution in [3.63, 3.8) is 0 Å². The molecule has 0 N–H and O–H groups in total. The van der Waals surface area contributed by atoms with Gasteiger partial charge < -0.3 is 4.90 Å². The van der Waals surface area contributed by atoms with Gasteiger partial charge in [0.1, 0.15) is 0 Å². The van der Waals surface area contributed by atoms with E-state index in [-0.39, 0.29) is 5.91 Å². The lowest BCUT2D eigenvalue weighted by Crippen LogP contribution is -2.37. The quantitative estimate of drug-likeness (QED) is 0.707. The highest BCUT2D eigenvalue weighted by molar-refractivity contribution is 7.11. The second-order valence-corrected chi connectivity index (χ2v) is 8.05. The van der Waals surface area contributed by atoms with Crippen molar-refractivity contribution >= 4 is 17.2 Å². The highest BCUT2D eigenvalue weighted by atomic mass is 32.1. The molecule has 0 aliphatic carbocycles. The van der Waals surface area contributed by atoms with E-state index in [1.165, 1.54) is 15.4 Å². The molecule has 0 atom stereocenters. The van der Waals surface area contributed by atoms with Crippen LogP contribution in [-0.2, 0) is 6.54 Å². The van der Waals surface area contributed by atoms with Crippen LogP contribution in [0.25, 0.3) is 0 Å². The number of aryl methyl sites for hydroxylation is 1. The van der Waals surface area contributed by atoms with E-state index in [1.54, 1.807) is 17.5 Å². The van der Waals surface area contributed by atoms with Gasteiger partial charge in [-0.25, -0.2) is 4.98 Å². The molecule has 5 nitrogen and oxygen atoms in total. The molecule has 134 valence electrons. The van der Waals surface area contributed by atoms with Crippen LogP contribution in [0.4, 0.5) is 0 Å². The average molecular weight is 366 g/mol. The van der Waals surface area contributed by atoms with Gasteiger partial charge in [0.2, 0.25) is 0 Å². The van der Waals surface area contributed by atoms with Crippen LogP contribution in [-0.4, -0.2) is 38.7 Å². The van der Waals surface area contributed by atoms with Gasteiger partial charge >= 0.3 is 0 Å². The van der Waals surface area contributed by atoms with Gasteiger partial charge in [0, 0.05) is 36.3 Å². The number of carbonyl (C=O) groups is 1. The highest BCUT2D eigenvalue weighted by Gasteiger charge is 2.26. The second kappa shape index (κ2) is 7.41. The Balaban J connectivity index is 1.36. The van der Waals surface area contributed by atoms with Gasteiger partial charge in [-0.1, -0.05) is 30.3 Å². The summed E-state index contributed by atoms with van der Waals surface area (Å²) in [6.45, 7) is 4.34. The van der Waals surface area contributed by atoms with E-state index in [4.69, 9.17) is 0 Å². The van der Waals surface area contributed by atoms with E-state index in [9.17, 15) is 4.79 Å². The molecule has 1 aromatic carbocycles. The zero-order valence-electron chi connectivity index (χ0n) is 14.8. The number of rotatable bonds is 4. The van der Waals surface area contributed by atoms with E-state index in [0.29, 0.717) is 18.0 Å². The molecular formula is C20H22N4OS. The van der Waals surface area contributed by atoms with Crippen LogP contribution < -0.4 is 0 Å². The first-order valence-electron chi connectivity index (χ1n) is 8.97. The van der Waals surface area contributed by atoms with Crippen LogP contribution in [0.5, 0.6) is 0 Å². The summed E-state index contributed by atoms with van der Waals surface area (Å²) in [6.07, 6.45) is 7.44. The molecule has 0 bridgehead atoms. The molecule has 2 aromatic heterocycles. The van der Waals surface area contributed by atoms with Gasteiger partial charge in [-0.05, 0) is 25.3 Å². The maximum Gasteiger partial charge on any atom is 0.257 e. The van der Waals surface area contributed by atoms with Gasteiger partial charge in [-0.15, -0.1) is 11.3 Å². The molecule has 0 spiro atoms. The van der Waals surface area contributed by atoms with E-state index in [0.717, 1.165) is 25.9 Å². The van der Waals surface area contributed by atoms with E-state index in [2.05, 4.69) is 29.1 Å². The fourth-order valence-electron chi connectivity index (χ4n) is 3.40. The summed E-state index contributed by atoms with van der Waals surface area (Å²) in [7, 11) is 0. The number of piperidine rings is 1. The largest absolute Gasteiger partial charge is 0.339 e. The maximum atomic E-state index is 12.8. The summed E-state index contributed by atoms with van der Waals surface area (Å²) in [5.74, 6) is 0.566.